The first-order valence-electron chi connectivity index (χ1n) is 7.38. The monoisotopic (exact) mass is 331 g/mol. The quantitative estimate of drug-likeness (QED) is 0.876. The lowest BCUT2D eigenvalue weighted by Gasteiger charge is -2.09. The molecule has 0 aliphatic heterocycles. The molecule has 1 fully saturated rings. The lowest BCUT2D eigenvalue weighted by atomic mass is 10.2. The van der Waals surface area contributed by atoms with Crippen molar-refractivity contribution in [2.24, 2.45) is 0 Å². The first-order valence-corrected chi connectivity index (χ1v) is 8.26. The topological polar surface area (TPSA) is 80.2 Å². The average Bonchev–Trinajstić information content (AvgIpc) is 3.28. The lowest BCUT2D eigenvalue weighted by Crippen LogP contribution is -2.26. The standard InChI is InChI=1S/C16H17N3O3S/c1-10-9-23-16(22)19(10)8-14(20)17-13-4-2-3-11(7-13)15(21)18-12-5-6-12/h2-4,7,9,12H,5-6,8H2,1H3,(H,17,20)(H,18,21). The number of thiazole rings is 1. The van der Waals surface area contributed by atoms with Gasteiger partial charge < -0.3 is 10.6 Å². The second kappa shape index (κ2) is 6.37. The molecule has 0 spiro atoms. The Morgan fingerprint density at radius 2 is 2.13 bits per heavy atom. The molecule has 0 saturated heterocycles. The number of rotatable bonds is 5. The number of carbonyl (C=O) groups is 2. The highest BCUT2D eigenvalue weighted by Gasteiger charge is 2.23. The molecule has 3 rings (SSSR count). The zero-order chi connectivity index (χ0) is 16.4. The summed E-state index contributed by atoms with van der Waals surface area (Å²) in [5, 5.41) is 7.35. The smallest absolute Gasteiger partial charge is 0.307 e. The summed E-state index contributed by atoms with van der Waals surface area (Å²) in [7, 11) is 0. The minimum Gasteiger partial charge on any atom is -0.349 e. The van der Waals surface area contributed by atoms with Crippen molar-refractivity contribution in [3.05, 3.63) is 50.6 Å². The van der Waals surface area contributed by atoms with Gasteiger partial charge in [-0.3, -0.25) is 19.0 Å². The molecule has 2 aromatic rings. The Morgan fingerprint density at radius 3 is 2.78 bits per heavy atom. The van der Waals surface area contributed by atoms with Crippen molar-refractivity contribution in [3.63, 3.8) is 0 Å². The highest BCUT2D eigenvalue weighted by Crippen LogP contribution is 2.20. The molecule has 1 heterocycles. The van der Waals surface area contributed by atoms with Gasteiger partial charge in [0.25, 0.3) is 5.91 Å². The van der Waals surface area contributed by atoms with Crippen LogP contribution in [-0.4, -0.2) is 22.4 Å². The largest absolute Gasteiger partial charge is 0.349 e. The van der Waals surface area contributed by atoms with Gasteiger partial charge in [-0.25, -0.2) is 0 Å². The van der Waals surface area contributed by atoms with Crippen molar-refractivity contribution in [1.29, 1.82) is 0 Å². The van der Waals surface area contributed by atoms with Crippen molar-refractivity contribution >= 4 is 28.8 Å². The number of amides is 2. The van der Waals surface area contributed by atoms with E-state index in [9.17, 15) is 14.4 Å². The van der Waals surface area contributed by atoms with Crippen molar-refractivity contribution < 1.29 is 9.59 Å². The Balaban J connectivity index is 1.66. The van der Waals surface area contributed by atoms with Crippen LogP contribution in [-0.2, 0) is 11.3 Å². The maximum absolute atomic E-state index is 12.1. The molecule has 2 N–H and O–H groups in total. The highest BCUT2D eigenvalue weighted by atomic mass is 32.1. The van der Waals surface area contributed by atoms with Gasteiger partial charge in [-0.15, -0.1) is 0 Å². The van der Waals surface area contributed by atoms with Gasteiger partial charge in [0, 0.05) is 28.4 Å². The first-order chi connectivity index (χ1) is 11.0. The number of aryl methyl sites for hydroxylation is 1. The molecule has 23 heavy (non-hydrogen) atoms. The van der Waals surface area contributed by atoms with Gasteiger partial charge >= 0.3 is 4.87 Å². The van der Waals surface area contributed by atoms with Crippen molar-refractivity contribution in [1.82, 2.24) is 9.88 Å². The molecule has 0 radical (unpaired) electrons. The third-order valence-electron chi connectivity index (χ3n) is 3.60. The molecule has 1 aromatic heterocycles. The maximum Gasteiger partial charge on any atom is 0.307 e. The van der Waals surface area contributed by atoms with E-state index in [-0.39, 0.29) is 29.3 Å². The third-order valence-corrected chi connectivity index (χ3v) is 4.48. The number of nitrogens with zero attached hydrogens (tertiary/aromatic N) is 1. The molecule has 1 aromatic carbocycles. The summed E-state index contributed by atoms with van der Waals surface area (Å²) >= 11 is 1.07. The van der Waals surface area contributed by atoms with Gasteiger partial charge in [-0.05, 0) is 38.0 Å². The van der Waals surface area contributed by atoms with Gasteiger partial charge in [-0.2, -0.15) is 0 Å². The minimum atomic E-state index is -0.298. The first kappa shape index (κ1) is 15.5. The SMILES string of the molecule is Cc1csc(=O)n1CC(=O)Nc1cccc(C(=O)NC2CC2)c1. The molecule has 1 aliphatic rings. The number of benzene rings is 1. The fourth-order valence-corrected chi connectivity index (χ4v) is 2.91. The predicted molar refractivity (Wildman–Crippen MR) is 88.9 cm³/mol. The molecular formula is C16H17N3O3S. The molecule has 120 valence electrons. The van der Waals surface area contributed by atoms with E-state index in [2.05, 4.69) is 10.6 Å². The summed E-state index contributed by atoms with van der Waals surface area (Å²) in [5.74, 6) is -0.429. The van der Waals surface area contributed by atoms with E-state index in [4.69, 9.17) is 0 Å². The van der Waals surface area contributed by atoms with Crippen LogP contribution < -0.4 is 15.5 Å². The minimum absolute atomic E-state index is 0.0351. The highest BCUT2D eigenvalue weighted by molar-refractivity contribution is 7.07. The molecular weight excluding hydrogens is 314 g/mol. The van der Waals surface area contributed by atoms with Gasteiger partial charge in [0.2, 0.25) is 5.91 Å². The van der Waals surface area contributed by atoms with E-state index >= 15 is 0 Å². The molecule has 2 amide bonds. The maximum atomic E-state index is 12.1. The van der Waals surface area contributed by atoms with Crippen LogP contribution in [0.5, 0.6) is 0 Å². The predicted octanol–water partition coefficient (Wildman–Crippen LogP) is 1.75. The van der Waals surface area contributed by atoms with Crippen LogP contribution in [0.4, 0.5) is 5.69 Å². The van der Waals surface area contributed by atoms with Crippen LogP contribution in [0.1, 0.15) is 28.9 Å². The summed E-state index contributed by atoms with van der Waals surface area (Å²) in [6.45, 7) is 1.75. The van der Waals surface area contributed by atoms with Crippen LogP contribution in [0.25, 0.3) is 0 Å². The Labute approximate surface area is 137 Å². The molecule has 1 aliphatic carbocycles. The van der Waals surface area contributed by atoms with Crippen LogP contribution in [0.2, 0.25) is 0 Å². The summed E-state index contributed by atoms with van der Waals surface area (Å²) in [4.78, 5) is 35.6. The Bertz CT molecular complexity index is 805. The molecule has 0 atom stereocenters. The van der Waals surface area contributed by atoms with Gasteiger partial charge in [0.1, 0.15) is 6.54 Å². The van der Waals surface area contributed by atoms with Gasteiger partial charge in [-0.1, -0.05) is 17.4 Å². The number of anilines is 1. The third kappa shape index (κ3) is 3.87. The van der Waals surface area contributed by atoms with Crippen molar-refractivity contribution in [3.8, 4) is 0 Å². The average molecular weight is 331 g/mol. The summed E-state index contributed by atoms with van der Waals surface area (Å²) < 4.78 is 1.42. The molecule has 1 saturated carbocycles. The normalized spacial score (nSPS) is 13.6. The summed E-state index contributed by atoms with van der Waals surface area (Å²) in [5.41, 5.74) is 1.81. The molecule has 7 heteroatoms. The van der Waals surface area contributed by atoms with Crippen molar-refractivity contribution in [2.45, 2.75) is 32.4 Å². The number of hydrogen-bond acceptors (Lipinski definition) is 4. The zero-order valence-corrected chi connectivity index (χ0v) is 13.5. The fourth-order valence-electron chi connectivity index (χ4n) is 2.17. The van der Waals surface area contributed by atoms with Crippen LogP contribution in [0.3, 0.4) is 0 Å². The number of aromatic nitrogens is 1. The molecule has 0 unspecified atom stereocenters. The van der Waals surface area contributed by atoms with Crippen LogP contribution >= 0.6 is 11.3 Å². The lowest BCUT2D eigenvalue weighted by molar-refractivity contribution is -0.116. The Hall–Kier alpha value is -2.41. The summed E-state index contributed by atoms with van der Waals surface area (Å²) in [6.07, 6.45) is 2.05. The second-order valence-corrected chi connectivity index (χ2v) is 6.43. The number of nitrogens with one attached hydrogen (secondary N) is 2. The fraction of sp³-hybridized carbons (Fsp3) is 0.312. The van der Waals surface area contributed by atoms with E-state index in [1.807, 2.05) is 0 Å². The number of carbonyl (C=O) groups excluding carboxylic acids is 2. The number of hydrogen-bond donors (Lipinski definition) is 2. The Morgan fingerprint density at radius 1 is 1.35 bits per heavy atom. The van der Waals surface area contributed by atoms with E-state index in [1.54, 1.807) is 36.6 Å². The van der Waals surface area contributed by atoms with Gasteiger partial charge in [0.15, 0.2) is 0 Å². The van der Waals surface area contributed by atoms with E-state index in [0.29, 0.717) is 11.3 Å². The van der Waals surface area contributed by atoms with E-state index < -0.39 is 0 Å². The molecule has 6 nitrogen and oxygen atoms in total. The van der Waals surface area contributed by atoms with Gasteiger partial charge in [0.05, 0.1) is 0 Å². The van der Waals surface area contributed by atoms with Crippen LogP contribution in [0, 0.1) is 6.92 Å². The molecule has 0 bridgehead atoms. The van der Waals surface area contributed by atoms with E-state index in [0.717, 1.165) is 29.9 Å². The van der Waals surface area contributed by atoms with Crippen molar-refractivity contribution in [2.75, 3.05) is 5.32 Å². The zero-order valence-electron chi connectivity index (χ0n) is 12.7. The Kier molecular flexibility index (Phi) is 4.29. The van der Waals surface area contributed by atoms with E-state index in [1.165, 1.54) is 4.57 Å². The van der Waals surface area contributed by atoms with Crippen LogP contribution in [0.15, 0.2) is 34.4 Å². The summed E-state index contributed by atoms with van der Waals surface area (Å²) in [6, 6.07) is 7.07. The second-order valence-electron chi connectivity index (χ2n) is 5.61.